The van der Waals surface area contributed by atoms with Crippen LogP contribution in [0.5, 0.6) is 0 Å². The lowest BCUT2D eigenvalue weighted by atomic mass is 10.3. The lowest BCUT2D eigenvalue weighted by Crippen LogP contribution is -2.36. The molecule has 0 aromatic carbocycles. The molecule has 8 heteroatoms. The normalized spacial score (nSPS) is 15.2. The second-order valence-corrected chi connectivity index (χ2v) is 6.25. The van der Waals surface area contributed by atoms with Crippen LogP contribution in [0.25, 0.3) is 0 Å². The zero-order chi connectivity index (χ0) is 16.9. The van der Waals surface area contributed by atoms with Gasteiger partial charge in [0.15, 0.2) is 5.96 Å². The maximum absolute atomic E-state index is 5.56. The summed E-state index contributed by atoms with van der Waals surface area (Å²) < 4.78 is 7.67. The van der Waals surface area contributed by atoms with E-state index in [9.17, 15) is 0 Å². The Hall–Kier alpha value is -1.58. The smallest absolute Gasteiger partial charge is 0.214 e. The molecule has 1 fully saturated rings. The van der Waals surface area contributed by atoms with Gasteiger partial charge in [-0.1, -0.05) is 12.8 Å². The van der Waals surface area contributed by atoms with Crippen LogP contribution in [-0.2, 0) is 13.1 Å². The van der Waals surface area contributed by atoms with Gasteiger partial charge in [-0.25, -0.2) is 4.98 Å². The third kappa shape index (κ3) is 5.20. The van der Waals surface area contributed by atoms with Crippen LogP contribution >= 0.6 is 24.0 Å². The Labute approximate surface area is 165 Å². The predicted octanol–water partition coefficient (Wildman–Crippen LogP) is 3.09. The lowest BCUT2D eigenvalue weighted by Gasteiger charge is -2.10. The van der Waals surface area contributed by atoms with Crippen LogP contribution < -0.4 is 10.6 Å². The van der Waals surface area contributed by atoms with E-state index in [1.165, 1.54) is 25.7 Å². The topological polar surface area (TPSA) is 80.3 Å². The highest BCUT2D eigenvalue weighted by molar-refractivity contribution is 14.0. The molecule has 1 aliphatic rings. The molecule has 7 nitrogen and oxygen atoms in total. The molecule has 2 N–H and O–H groups in total. The van der Waals surface area contributed by atoms with Gasteiger partial charge in [-0.05, 0) is 32.8 Å². The summed E-state index contributed by atoms with van der Waals surface area (Å²) in [6.45, 7) is 5.00. The van der Waals surface area contributed by atoms with E-state index < -0.39 is 0 Å². The number of hydrogen-bond acceptors (Lipinski definition) is 4. The van der Waals surface area contributed by atoms with Crippen LogP contribution in [-0.4, -0.2) is 27.8 Å². The molecular weight excluding hydrogens is 431 g/mol. The molecule has 2 aromatic heterocycles. The minimum atomic E-state index is 0. The standard InChI is InChI=1S/C17H26N6O.HI/c1-12-13(2)24-16(21-12)11-20-17(18-3)19-10-14-8-9-23(22-14)15-6-4-5-7-15;/h8-9,15H,4-7,10-11H2,1-3H3,(H2,18,19,20);1H. The summed E-state index contributed by atoms with van der Waals surface area (Å²) in [5.74, 6) is 2.23. The van der Waals surface area contributed by atoms with Crippen LogP contribution in [0.4, 0.5) is 0 Å². The second kappa shape index (κ2) is 9.21. The third-order valence-corrected chi connectivity index (χ3v) is 4.50. The molecule has 0 atom stereocenters. The average molecular weight is 458 g/mol. The number of nitrogens with zero attached hydrogens (tertiary/aromatic N) is 4. The highest BCUT2D eigenvalue weighted by atomic mass is 127. The largest absolute Gasteiger partial charge is 0.444 e. The van der Waals surface area contributed by atoms with E-state index in [-0.39, 0.29) is 24.0 Å². The van der Waals surface area contributed by atoms with Gasteiger partial charge >= 0.3 is 0 Å². The molecule has 2 aromatic rings. The van der Waals surface area contributed by atoms with Crippen molar-refractivity contribution in [2.24, 2.45) is 4.99 Å². The number of oxazole rings is 1. The van der Waals surface area contributed by atoms with Gasteiger partial charge in [0.1, 0.15) is 5.76 Å². The van der Waals surface area contributed by atoms with E-state index in [2.05, 4.69) is 42.7 Å². The highest BCUT2D eigenvalue weighted by Gasteiger charge is 2.17. The van der Waals surface area contributed by atoms with Crippen LogP contribution in [0.1, 0.15) is 54.8 Å². The first kappa shape index (κ1) is 19.7. The van der Waals surface area contributed by atoms with Gasteiger partial charge in [0.05, 0.1) is 30.5 Å². The summed E-state index contributed by atoms with van der Waals surface area (Å²) in [6.07, 6.45) is 7.20. The molecule has 0 radical (unpaired) electrons. The van der Waals surface area contributed by atoms with E-state index in [0.717, 1.165) is 17.1 Å². The van der Waals surface area contributed by atoms with Crippen molar-refractivity contribution in [1.29, 1.82) is 0 Å². The van der Waals surface area contributed by atoms with Crippen molar-refractivity contribution in [3.63, 3.8) is 0 Å². The Balaban J connectivity index is 0.00000225. The Morgan fingerprint density at radius 3 is 2.64 bits per heavy atom. The number of aliphatic imine (C=N–C) groups is 1. The number of aryl methyl sites for hydroxylation is 2. The Morgan fingerprint density at radius 2 is 2.00 bits per heavy atom. The predicted molar refractivity (Wildman–Crippen MR) is 108 cm³/mol. The van der Waals surface area contributed by atoms with Gasteiger partial charge in [-0.3, -0.25) is 9.67 Å². The van der Waals surface area contributed by atoms with Gasteiger partial charge in [-0.15, -0.1) is 24.0 Å². The summed E-state index contributed by atoms with van der Waals surface area (Å²) in [5, 5.41) is 11.2. The minimum Gasteiger partial charge on any atom is -0.444 e. The molecule has 0 unspecified atom stereocenters. The molecule has 2 heterocycles. The van der Waals surface area contributed by atoms with Crippen LogP contribution in [0.3, 0.4) is 0 Å². The average Bonchev–Trinajstić information content (AvgIpc) is 3.30. The number of nitrogens with one attached hydrogen (secondary N) is 2. The highest BCUT2D eigenvalue weighted by Crippen LogP contribution is 2.28. The molecule has 1 saturated carbocycles. The van der Waals surface area contributed by atoms with Crippen molar-refractivity contribution >= 4 is 29.9 Å². The first-order chi connectivity index (χ1) is 11.7. The summed E-state index contributed by atoms with van der Waals surface area (Å²) >= 11 is 0. The fraction of sp³-hybridized carbons (Fsp3) is 0.588. The van der Waals surface area contributed by atoms with E-state index in [4.69, 9.17) is 4.42 Å². The lowest BCUT2D eigenvalue weighted by molar-refractivity contribution is 0.460. The molecule has 0 bridgehead atoms. The quantitative estimate of drug-likeness (QED) is 0.409. The molecule has 25 heavy (non-hydrogen) atoms. The fourth-order valence-electron chi connectivity index (χ4n) is 3.01. The fourth-order valence-corrected chi connectivity index (χ4v) is 3.01. The Bertz CT molecular complexity index is 682. The molecule has 1 aliphatic carbocycles. The zero-order valence-corrected chi connectivity index (χ0v) is 17.4. The number of aromatic nitrogens is 3. The number of guanidine groups is 1. The monoisotopic (exact) mass is 458 g/mol. The van der Waals surface area contributed by atoms with Crippen LogP contribution in [0, 0.1) is 13.8 Å². The molecule has 3 rings (SSSR count). The van der Waals surface area contributed by atoms with Gasteiger partial charge in [0.2, 0.25) is 5.89 Å². The maximum Gasteiger partial charge on any atom is 0.214 e. The van der Waals surface area contributed by atoms with Crippen molar-refractivity contribution in [1.82, 2.24) is 25.4 Å². The van der Waals surface area contributed by atoms with Crippen molar-refractivity contribution < 1.29 is 4.42 Å². The molecule has 0 spiro atoms. The minimum absolute atomic E-state index is 0. The summed E-state index contributed by atoms with van der Waals surface area (Å²) in [5.41, 5.74) is 1.94. The number of halogens is 1. The maximum atomic E-state index is 5.56. The number of rotatable bonds is 5. The SMILES string of the molecule is CN=C(NCc1ccn(C2CCCC2)n1)NCc1nc(C)c(C)o1.I. The second-order valence-electron chi connectivity index (χ2n) is 6.25. The summed E-state index contributed by atoms with van der Waals surface area (Å²) in [6, 6.07) is 2.65. The molecular formula is C17H27IN6O. The summed E-state index contributed by atoms with van der Waals surface area (Å²) in [7, 11) is 1.75. The first-order valence-electron chi connectivity index (χ1n) is 8.57. The third-order valence-electron chi connectivity index (χ3n) is 4.50. The van der Waals surface area contributed by atoms with E-state index >= 15 is 0 Å². The van der Waals surface area contributed by atoms with E-state index in [1.54, 1.807) is 7.05 Å². The Morgan fingerprint density at radius 1 is 1.28 bits per heavy atom. The molecule has 0 saturated heterocycles. The van der Waals surface area contributed by atoms with Gasteiger partial charge in [0.25, 0.3) is 0 Å². The van der Waals surface area contributed by atoms with Crippen molar-refractivity contribution in [2.75, 3.05) is 7.05 Å². The van der Waals surface area contributed by atoms with Crippen molar-refractivity contribution in [3.8, 4) is 0 Å². The van der Waals surface area contributed by atoms with Crippen LogP contribution in [0.2, 0.25) is 0 Å². The van der Waals surface area contributed by atoms with Crippen molar-refractivity contribution in [3.05, 3.63) is 35.3 Å². The van der Waals surface area contributed by atoms with E-state index in [1.807, 2.05) is 13.8 Å². The van der Waals surface area contributed by atoms with Gasteiger partial charge in [0, 0.05) is 13.2 Å². The molecule has 0 aliphatic heterocycles. The first-order valence-corrected chi connectivity index (χ1v) is 8.57. The number of hydrogen-bond donors (Lipinski definition) is 2. The van der Waals surface area contributed by atoms with Gasteiger partial charge < -0.3 is 15.1 Å². The van der Waals surface area contributed by atoms with Gasteiger partial charge in [-0.2, -0.15) is 5.10 Å². The molecule has 0 amide bonds. The van der Waals surface area contributed by atoms with Crippen molar-refractivity contribution in [2.45, 2.75) is 58.7 Å². The van der Waals surface area contributed by atoms with Crippen LogP contribution in [0.15, 0.2) is 21.7 Å². The Kier molecular flexibility index (Phi) is 7.27. The molecule has 138 valence electrons. The summed E-state index contributed by atoms with van der Waals surface area (Å²) in [4.78, 5) is 8.58. The zero-order valence-electron chi connectivity index (χ0n) is 15.1. The van der Waals surface area contributed by atoms with E-state index in [0.29, 0.717) is 31.0 Å².